The number of hydrogen-bond donors (Lipinski definition) is 2. The molecule has 0 bridgehead atoms. The lowest BCUT2D eigenvalue weighted by atomic mass is 10.1. The maximum absolute atomic E-state index is 13.0. The van der Waals surface area contributed by atoms with Crippen LogP contribution in [0.3, 0.4) is 0 Å². The van der Waals surface area contributed by atoms with Gasteiger partial charge in [-0.05, 0) is 55.0 Å². The summed E-state index contributed by atoms with van der Waals surface area (Å²) in [5, 5.41) is 10.8. The molecule has 0 atom stereocenters. The van der Waals surface area contributed by atoms with Crippen LogP contribution < -0.4 is 5.43 Å². The van der Waals surface area contributed by atoms with Crippen LogP contribution in [0.25, 0.3) is 11.3 Å². The van der Waals surface area contributed by atoms with Crippen LogP contribution in [0.5, 0.6) is 0 Å². The highest BCUT2D eigenvalue weighted by atomic mass is 79.9. The molecule has 0 fully saturated rings. The predicted octanol–water partition coefficient (Wildman–Crippen LogP) is 4.13. The molecule has 7 heteroatoms. The van der Waals surface area contributed by atoms with Gasteiger partial charge in [0.25, 0.3) is 5.91 Å². The monoisotopic (exact) mass is 400 g/mol. The van der Waals surface area contributed by atoms with Crippen molar-refractivity contribution in [1.82, 2.24) is 15.6 Å². The van der Waals surface area contributed by atoms with Crippen molar-refractivity contribution in [3.8, 4) is 11.3 Å². The van der Waals surface area contributed by atoms with Crippen molar-refractivity contribution < 1.29 is 9.18 Å². The molecule has 0 aliphatic heterocycles. The van der Waals surface area contributed by atoms with Crippen LogP contribution in [0.2, 0.25) is 0 Å². The number of hydrazone groups is 1. The van der Waals surface area contributed by atoms with Gasteiger partial charge >= 0.3 is 0 Å². The molecule has 0 saturated carbocycles. The Kier molecular flexibility index (Phi) is 5.04. The van der Waals surface area contributed by atoms with Crippen LogP contribution in [0.4, 0.5) is 4.39 Å². The summed E-state index contributed by atoms with van der Waals surface area (Å²) in [6, 6.07) is 15.1. The van der Waals surface area contributed by atoms with E-state index in [1.807, 2.05) is 24.3 Å². The molecule has 0 aliphatic carbocycles. The molecule has 2 N–H and O–H groups in total. The van der Waals surface area contributed by atoms with Gasteiger partial charge in [-0.2, -0.15) is 10.2 Å². The van der Waals surface area contributed by atoms with Gasteiger partial charge in [-0.25, -0.2) is 9.82 Å². The summed E-state index contributed by atoms with van der Waals surface area (Å²) < 4.78 is 13.9. The molecular formula is C18H14BrFN4O. The van der Waals surface area contributed by atoms with Crippen molar-refractivity contribution in [3.63, 3.8) is 0 Å². The highest BCUT2D eigenvalue weighted by Crippen LogP contribution is 2.18. The number of halogens is 2. The molecule has 25 heavy (non-hydrogen) atoms. The number of nitrogens with zero attached hydrogens (tertiary/aromatic N) is 2. The van der Waals surface area contributed by atoms with E-state index in [-0.39, 0.29) is 11.5 Å². The quantitative estimate of drug-likeness (QED) is 0.510. The first-order valence-corrected chi connectivity index (χ1v) is 8.24. The number of carbonyl (C=O) groups is 1. The summed E-state index contributed by atoms with van der Waals surface area (Å²) in [6.45, 7) is 1.81. The Hall–Kier alpha value is -2.80. The van der Waals surface area contributed by atoms with Gasteiger partial charge < -0.3 is 0 Å². The van der Waals surface area contributed by atoms with Gasteiger partial charge in [0.1, 0.15) is 11.5 Å². The Morgan fingerprint density at radius 3 is 2.52 bits per heavy atom. The molecule has 0 spiro atoms. The van der Waals surface area contributed by atoms with Gasteiger partial charge in [0, 0.05) is 10.0 Å². The lowest BCUT2D eigenvalue weighted by Crippen LogP contribution is -2.19. The van der Waals surface area contributed by atoms with E-state index in [1.54, 1.807) is 25.1 Å². The van der Waals surface area contributed by atoms with Gasteiger partial charge in [-0.15, -0.1) is 0 Å². The fourth-order valence-electron chi connectivity index (χ4n) is 2.16. The molecule has 5 nitrogen and oxygen atoms in total. The van der Waals surface area contributed by atoms with Gasteiger partial charge in [0.15, 0.2) is 0 Å². The summed E-state index contributed by atoms with van der Waals surface area (Å²) >= 11 is 3.37. The van der Waals surface area contributed by atoms with Crippen molar-refractivity contribution in [2.24, 2.45) is 5.10 Å². The Balaban J connectivity index is 1.70. The van der Waals surface area contributed by atoms with Crippen molar-refractivity contribution in [2.75, 3.05) is 0 Å². The van der Waals surface area contributed by atoms with E-state index < -0.39 is 5.91 Å². The topological polar surface area (TPSA) is 70.1 Å². The maximum Gasteiger partial charge on any atom is 0.289 e. The van der Waals surface area contributed by atoms with Gasteiger partial charge in [0.2, 0.25) is 0 Å². The largest absolute Gasteiger partial charge is 0.289 e. The van der Waals surface area contributed by atoms with E-state index in [4.69, 9.17) is 0 Å². The van der Waals surface area contributed by atoms with Crippen molar-refractivity contribution in [1.29, 1.82) is 0 Å². The van der Waals surface area contributed by atoms with E-state index in [9.17, 15) is 9.18 Å². The van der Waals surface area contributed by atoms with Gasteiger partial charge in [-0.1, -0.05) is 28.1 Å². The Morgan fingerprint density at radius 2 is 1.84 bits per heavy atom. The second kappa shape index (κ2) is 7.40. The lowest BCUT2D eigenvalue weighted by molar-refractivity contribution is 0.0950. The number of aromatic nitrogens is 2. The fourth-order valence-corrected chi connectivity index (χ4v) is 2.42. The molecular weight excluding hydrogens is 387 g/mol. The first-order chi connectivity index (χ1) is 12.0. The number of hydrogen-bond acceptors (Lipinski definition) is 3. The number of aromatic amines is 1. The highest BCUT2D eigenvalue weighted by Gasteiger charge is 2.11. The van der Waals surface area contributed by atoms with E-state index in [0.717, 1.165) is 10.0 Å². The molecule has 0 saturated heterocycles. The van der Waals surface area contributed by atoms with Crippen molar-refractivity contribution in [2.45, 2.75) is 6.92 Å². The van der Waals surface area contributed by atoms with Crippen LogP contribution in [0.15, 0.2) is 64.2 Å². The molecule has 0 radical (unpaired) electrons. The predicted molar refractivity (Wildman–Crippen MR) is 97.8 cm³/mol. The average molecular weight is 401 g/mol. The summed E-state index contributed by atoms with van der Waals surface area (Å²) in [7, 11) is 0. The highest BCUT2D eigenvalue weighted by molar-refractivity contribution is 9.10. The minimum Gasteiger partial charge on any atom is -0.272 e. The zero-order valence-corrected chi connectivity index (χ0v) is 14.8. The van der Waals surface area contributed by atoms with Crippen LogP contribution in [-0.4, -0.2) is 21.8 Å². The fraction of sp³-hybridized carbons (Fsp3) is 0.0556. The SMILES string of the molecule is C/C(=N/NC(=O)c1cc(-c2ccc(F)cc2)n[nH]1)c1ccc(Br)cc1. The molecule has 2 aromatic carbocycles. The van der Waals surface area contributed by atoms with E-state index >= 15 is 0 Å². The van der Waals surface area contributed by atoms with Crippen LogP contribution in [0.1, 0.15) is 23.0 Å². The number of H-pyrrole nitrogens is 1. The van der Waals surface area contributed by atoms with Crippen molar-refractivity contribution >= 4 is 27.5 Å². The second-order valence-corrected chi connectivity index (χ2v) is 6.23. The number of amides is 1. The zero-order valence-electron chi connectivity index (χ0n) is 13.3. The van der Waals surface area contributed by atoms with Gasteiger partial charge in [0.05, 0.1) is 11.4 Å². The Labute approximate surface area is 152 Å². The molecule has 0 unspecified atom stereocenters. The van der Waals surface area contributed by atoms with Crippen molar-refractivity contribution in [3.05, 3.63) is 76.1 Å². The van der Waals surface area contributed by atoms with Crippen LogP contribution in [0, 0.1) is 5.82 Å². The van der Waals surface area contributed by atoms with Gasteiger partial charge in [-0.3, -0.25) is 9.89 Å². The molecule has 126 valence electrons. The average Bonchev–Trinajstić information content (AvgIpc) is 3.11. The summed E-state index contributed by atoms with van der Waals surface area (Å²) in [5.41, 5.74) is 5.61. The molecule has 1 heterocycles. The third kappa shape index (κ3) is 4.19. The number of carbonyl (C=O) groups excluding carboxylic acids is 1. The lowest BCUT2D eigenvalue weighted by Gasteiger charge is -2.02. The minimum atomic E-state index is -0.405. The molecule has 1 amide bonds. The van der Waals surface area contributed by atoms with E-state index in [0.29, 0.717) is 17.0 Å². The zero-order chi connectivity index (χ0) is 17.8. The second-order valence-electron chi connectivity index (χ2n) is 5.32. The molecule has 1 aromatic heterocycles. The number of nitrogens with one attached hydrogen (secondary N) is 2. The number of benzene rings is 2. The summed E-state index contributed by atoms with van der Waals surface area (Å²) in [6.07, 6.45) is 0. The third-order valence-electron chi connectivity index (χ3n) is 3.55. The van der Waals surface area contributed by atoms with E-state index in [2.05, 4.69) is 36.7 Å². The summed E-state index contributed by atoms with van der Waals surface area (Å²) in [5.74, 6) is -0.729. The van der Waals surface area contributed by atoms with E-state index in [1.165, 1.54) is 12.1 Å². The Bertz CT molecular complexity index is 917. The first kappa shape index (κ1) is 17.0. The first-order valence-electron chi connectivity index (χ1n) is 7.45. The molecule has 3 aromatic rings. The standard InChI is InChI=1S/C18H14BrFN4O/c1-11(12-2-6-14(19)7-3-12)21-24-18(25)17-10-16(22-23-17)13-4-8-15(20)9-5-13/h2-10H,1H3,(H,22,23)(H,24,25)/b21-11-. The van der Waals surface area contributed by atoms with Crippen LogP contribution in [-0.2, 0) is 0 Å². The maximum atomic E-state index is 13.0. The minimum absolute atomic E-state index is 0.270. The molecule has 3 rings (SSSR count). The Morgan fingerprint density at radius 1 is 1.16 bits per heavy atom. The summed E-state index contributed by atoms with van der Waals surface area (Å²) in [4.78, 5) is 12.2. The van der Waals surface area contributed by atoms with Crippen LogP contribution >= 0.6 is 15.9 Å². The number of rotatable bonds is 4. The smallest absolute Gasteiger partial charge is 0.272 e. The molecule has 0 aliphatic rings. The third-order valence-corrected chi connectivity index (χ3v) is 4.08. The normalized spacial score (nSPS) is 11.4.